The van der Waals surface area contributed by atoms with E-state index in [9.17, 15) is 9.59 Å². The third-order valence-electron chi connectivity index (χ3n) is 7.48. The molecule has 0 saturated carbocycles. The lowest BCUT2D eigenvalue weighted by molar-refractivity contribution is 0.0953. The highest BCUT2D eigenvalue weighted by Crippen LogP contribution is 2.31. The molecule has 1 saturated heterocycles. The average molecular weight is 549 g/mol. The molecule has 2 N–H and O–H groups in total. The summed E-state index contributed by atoms with van der Waals surface area (Å²) in [5, 5.41) is 6.08. The van der Waals surface area contributed by atoms with Crippen molar-refractivity contribution < 1.29 is 14.3 Å². The molecule has 1 aliphatic heterocycles. The summed E-state index contributed by atoms with van der Waals surface area (Å²) in [5.41, 5.74) is 5.74. The van der Waals surface area contributed by atoms with Gasteiger partial charge in [0.05, 0.1) is 18.4 Å². The van der Waals surface area contributed by atoms with Gasteiger partial charge in [0, 0.05) is 49.7 Å². The summed E-state index contributed by atoms with van der Waals surface area (Å²) in [4.78, 5) is 31.1. The molecule has 4 aromatic carbocycles. The predicted octanol–water partition coefficient (Wildman–Crippen LogP) is 5.56. The molecule has 1 heterocycles. The number of hydrogen-bond donors (Lipinski definition) is 2. The van der Waals surface area contributed by atoms with Gasteiger partial charge in [0.25, 0.3) is 11.8 Å². The van der Waals surface area contributed by atoms with E-state index >= 15 is 0 Å². The van der Waals surface area contributed by atoms with Crippen molar-refractivity contribution in [3.63, 3.8) is 0 Å². The van der Waals surface area contributed by atoms with Crippen LogP contribution in [0.4, 0.5) is 17.1 Å². The van der Waals surface area contributed by atoms with Crippen LogP contribution in [0.5, 0.6) is 5.75 Å². The number of anilines is 3. The molecule has 0 bridgehead atoms. The molecule has 5 rings (SSSR count). The van der Waals surface area contributed by atoms with E-state index in [4.69, 9.17) is 4.74 Å². The van der Waals surface area contributed by atoms with Gasteiger partial charge in [0.1, 0.15) is 5.75 Å². The first-order valence-corrected chi connectivity index (χ1v) is 14.0. The maximum Gasteiger partial charge on any atom is 0.255 e. The number of ether oxygens (including phenoxy) is 1. The van der Waals surface area contributed by atoms with E-state index in [1.54, 1.807) is 19.2 Å². The average Bonchev–Trinajstić information content (AvgIpc) is 3.02. The largest absolute Gasteiger partial charge is 0.495 e. The highest BCUT2D eigenvalue weighted by Gasteiger charge is 2.24. The normalized spacial score (nSPS) is 13.0. The van der Waals surface area contributed by atoms with Crippen molar-refractivity contribution in [2.75, 3.05) is 55.0 Å². The fraction of sp³-hybridized carbons (Fsp3) is 0.235. The summed E-state index contributed by atoms with van der Waals surface area (Å²) in [5.74, 6) is 0.500. The predicted molar refractivity (Wildman–Crippen MR) is 165 cm³/mol. The molecule has 0 aromatic heterocycles. The Kier molecular flexibility index (Phi) is 8.84. The third kappa shape index (κ3) is 6.69. The number of nitrogens with zero attached hydrogens (tertiary/aromatic N) is 2. The number of para-hydroxylation sites is 2. The molecule has 0 unspecified atom stereocenters. The molecule has 0 aliphatic carbocycles. The van der Waals surface area contributed by atoms with Crippen LogP contribution in [0.15, 0.2) is 97.1 Å². The van der Waals surface area contributed by atoms with Crippen LogP contribution >= 0.6 is 0 Å². The Morgan fingerprint density at radius 3 is 2.12 bits per heavy atom. The number of hydrogen-bond acceptors (Lipinski definition) is 5. The molecule has 7 heteroatoms. The molecular formula is C34H36N4O3. The highest BCUT2D eigenvalue weighted by molar-refractivity contribution is 6.07. The van der Waals surface area contributed by atoms with Crippen molar-refractivity contribution >= 4 is 28.9 Å². The minimum absolute atomic E-state index is 0.157. The van der Waals surface area contributed by atoms with Gasteiger partial charge in [-0.15, -0.1) is 0 Å². The zero-order valence-corrected chi connectivity index (χ0v) is 23.6. The second-order valence-electron chi connectivity index (χ2n) is 10.1. The minimum Gasteiger partial charge on any atom is -0.495 e. The molecule has 4 aromatic rings. The molecule has 1 aliphatic rings. The first kappa shape index (κ1) is 27.8. The van der Waals surface area contributed by atoms with Crippen LogP contribution in [-0.2, 0) is 6.42 Å². The van der Waals surface area contributed by atoms with Crippen LogP contribution in [0.1, 0.15) is 31.8 Å². The molecule has 0 atom stereocenters. The molecule has 1 fully saturated rings. The third-order valence-corrected chi connectivity index (χ3v) is 7.48. The summed E-state index contributed by atoms with van der Waals surface area (Å²) < 4.78 is 5.57. The van der Waals surface area contributed by atoms with Crippen molar-refractivity contribution in [1.29, 1.82) is 0 Å². The van der Waals surface area contributed by atoms with Gasteiger partial charge in [-0.1, -0.05) is 60.7 Å². The second-order valence-corrected chi connectivity index (χ2v) is 10.1. The number of carbonyl (C=O) groups is 2. The summed E-state index contributed by atoms with van der Waals surface area (Å²) in [6.07, 6.45) is 0.739. The topological polar surface area (TPSA) is 73.9 Å². The number of benzene rings is 4. The van der Waals surface area contributed by atoms with Crippen LogP contribution in [0, 0.1) is 6.92 Å². The quantitative estimate of drug-likeness (QED) is 0.287. The van der Waals surface area contributed by atoms with Crippen molar-refractivity contribution in [3.8, 4) is 5.75 Å². The van der Waals surface area contributed by atoms with Crippen LogP contribution in [0.25, 0.3) is 0 Å². The molecule has 210 valence electrons. The maximum atomic E-state index is 13.6. The molecular weight excluding hydrogens is 512 g/mol. The summed E-state index contributed by atoms with van der Waals surface area (Å²) >= 11 is 0. The van der Waals surface area contributed by atoms with Crippen LogP contribution in [0.2, 0.25) is 0 Å². The van der Waals surface area contributed by atoms with Crippen molar-refractivity contribution in [2.45, 2.75) is 13.3 Å². The number of amides is 2. The van der Waals surface area contributed by atoms with Gasteiger partial charge < -0.3 is 25.2 Å². The van der Waals surface area contributed by atoms with Crippen LogP contribution in [0.3, 0.4) is 0 Å². The lowest BCUT2D eigenvalue weighted by Crippen LogP contribution is -2.47. The van der Waals surface area contributed by atoms with Gasteiger partial charge in [-0.2, -0.15) is 0 Å². The van der Waals surface area contributed by atoms with E-state index < -0.39 is 0 Å². The summed E-state index contributed by atoms with van der Waals surface area (Å²) in [6, 6.07) is 31.2. The first-order valence-electron chi connectivity index (χ1n) is 14.0. The molecule has 2 amide bonds. The van der Waals surface area contributed by atoms with Crippen molar-refractivity contribution in [2.24, 2.45) is 0 Å². The van der Waals surface area contributed by atoms with Crippen LogP contribution in [-0.4, -0.2) is 51.6 Å². The van der Waals surface area contributed by atoms with E-state index in [2.05, 4.69) is 38.6 Å². The molecule has 41 heavy (non-hydrogen) atoms. The van der Waals surface area contributed by atoms with Gasteiger partial charge in [0.2, 0.25) is 0 Å². The van der Waals surface area contributed by atoms with Gasteiger partial charge >= 0.3 is 0 Å². The Morgan fingerprint density at radius 2 is 1.39 bits per heavy atom. The molecule has 0 spiro atoms. The fourth-order valence-corrected chi connectivity index (χ4v) is 5.24. The van der Waals surface area contributed by atoms with E-state index in [1.807, 2.05) is 73.7 Å². The number of aryl methyl sites for hydroxylation is 1. The standard InChI is InChI=1S/C34H36N4O3/c1-25-10-6-7-13-28(25)34(40)36-27-16-17-30(29(24-27)33(39)35-19-18-26-11-4-3-5-12-26)37-20-22-38(23-21-37)31-14-8-9-15-32(31)41-2/h3-17,24H,18-23H2,1-2H3,(H,35,39)(H,36,40). The second kappa shape index (κ2) is 13.0. The Morgan fingerprint density at radius 1 is 0.732 bits per heavy atom. The monoisotopic (exact) mass is 548 g/mol. The lowest BCUT2D eigenvalue weighted by atomic mass is 10.1. The number of nitrogens with one attached hydrogen (secondary N) is 2. The Labute approximate surface area is 241 Å². The van der Waals surface area contributed by atoms with E-state index in [-0.39, 0.29) is 11.8 Å². The fourth-order valence-electron chi connectivity index (χ4n) is 5.24. The van der Waals surface area contributed by atoms with Gasteiger partial charge in [-0.25, -0.2) is 0 Å². The van der Waals surface area contributed by atoms with Gasteiger partial charge in [-0.3, -0.25) is 9.59 Å². The number of rotatable bonds is 9. The SMILES string of the molecule is COc1ccccc1N1CCN(c2ccc(NC(=O)c3ccccc3C)cc2C(=O)NCCc2ccccc2)CC1. The summed E-state index contributed by atoms with van der Waals surface area (Å²) in [6.45, 7) is 5.51. The van der Waals surface area contributed by atoms with Crippen LogP contribution < -0.4 is 25.2 Å². The number of methoxy groups -OCH3 is 1. The van der Waals surface area contributed by atoms with Gasteiger partial charge in [-0.05, 0) is 60.9 Å². The van der Waals surface area contributed by atoms with E-state index in [0.29, 0.717) is 23.4 Å². The Bertz CT molecular complexity index is 1500. The molecule has 7 nitrogen and oxygen atoms in total. The summed E-state index contributed by atoms with van der Waals surface area (Å²) in [7, 11) is 1.69. The zero-order chi connectivity index (χ0) is 28.6. The van der Waals surface area contributed by atoms with Crippen molar-refractivity contribution in [3.05, 3.63) is 119 Å². The minimum atomic E-state index is -0.197. The maximum absolute atomic E-state index is 13.6. The smallest absolute Gasteiger partial charge is 0.255 e. The lowest BCUT2D eigenvalue weighted by Gasteiger charge is -2.38. The van der Waals surface area contributed by atoms with E-state index in [0.717, 1.165) is 55.3 Å². The first-order chi connectivity index (χ1) is 20.0. The van der Waals surface area contributed by atoms with Gasteiger partial charge in [0.15, 0.2) is 0 Å². The Hall–Kier alpha value is -4.78. The Balaban J connectivity index is 1.35. The highest BCUT2D eigenvalue weighted by atomic mass is 16.5. The van der Waals surface area contributed by atoms with E-state index in [1.165, 1.54) is 5.56 Å². The molecule has 0 radical (unpaired) electrons. The van der Waals surface area contributed by atoms with Crippen molar-refractivity contribution in [1.82, 2.24) is 5.32 Å². The number of carbonyl (C=O) groups excluding carboxylic acids is 2. The number of piperazine rings is 1. The zero-order valence-electron chi connectivity index (χ0n) is 23.6.